The minimum absolute atomic E-state index is 0.223. The second-order valence-corrected chi connectivity index (χ2v) is 8.40. The summed E-state index contributed by atoms with van der Waals surface area (Å²) in [6.45, 7) is 4.00. The van der Waals surface area contributed by atoms with Crippen LogP contribution in [0.4, 0.5) is 0 Å². The molecule has 1 unspecified atom stereocenters. The Hall–Kier alpha value is -0.170. The van der Waals surface area contributed by atoms with Crippen molar-refractivity contribution in [3.05, 3.63) is 29.8 Å². The van der Waals surface area contributed by atoms with Crippen LogP contribution in [-0.2, 0) is 14.3 Å². The Balaban J connectivity index is 2.78. The molecule has 0 saturated heterocycles. The quantitative estimate of drug-likeness (QED) is 0.407. The average Bonchev–Trinajstić information content (AvgIpc) is 2.36. The third-order valence-corrected chi connectivity index (χ3v) is 5.96. The second-order valence-electron chi connectivity index (χ2n) is 4.20. The Bertz CT molecular complexity index is 468. The summed E-state index contributed by atoms with van der Waals surface area (Å²) in [7, 11) is -0.681. The maximum Gasteiger partial charge on any atom is 0.298 e. The van der Waals surface area contributed by atoms with Crippen LogP contribution in [-0.4, -0.2) is 20.1 Å². The van der Waals surface area contributed by atoms with Gasteiger partial charge in [-0.1, -0.05) is 59.0 Å². The highest BCUT2D eigenvalue weighted by atomic mass is 33.1. The van der Waals surface area contributed by atoms with E-state index < -0.39 is 10.1 Å². The zero-order valence-corrected chi connectivity index (χ0v) is 13.9. The lowest BCUT2D eigenvalue weighted by Gasteiger charge is -2.15. The zero-order valence-electron chi connectivity index (χ0n) is 11.5. The molecule has 0 aliphatic carbocycles. The number of hydrogen-bond donors (Lipinski definition) is 0. The Morgan fingerprint density at radius 2 is 1.89 bits per heavy atom. The lowest BCUT2D eigenvalue weighted by molar-refractivity contribution is 0.279. The van der Waals surface area contributed by atoms with Gasteiger partial charge in [0.25, 0.3) is 10.1 Å². The molecule has 6 heteroatoms. The standard InChI is InChI=1S/C13H20O3S3/c1-4-5-6-13(18-17-3)16-19(14,15)12-9-7-11(2)8-10-12/h7-10,13H,4-6H2,1-3H3. The molecule has 0 heterocycles. The van der Waals surface area contributed by atoms with Crippen LogP contribution < -0.4 is 0 Å². The van der Waals surface area contributed by atoms with Crippen LogP contribution >= 0.6 is 21.6 Å². The predicted molar refractivity (Wildman–Crippen MR) is 83.9 cm³/mol. The van der Waals surface area contributed by atoms with Gasteiger partial charge in [0.05, 0.1) is 4.90 Å². The van der Waals surface area contributed by atoms with Gasteiger partial charge in [-0.05, 0) is 31.7 Å². The molecular formula is C13H20O3S3. The predicted octanol–water partition coefficient (Wildman–Crippen LogP) is 4.23. The molecular weight excluding hydrogens is 300 g/mol. The smallest absolute Gasteiger partial charge is 0.251 e. The first-order chi connectivity index (χ1) is 8.99. The van der Waals surface area contributed by atoms with E-state index in [9.17, 15) is 8.42 Å². The first-order valence-electron chi connectivity index (χ1n) is 6.19. The van der Waals surface area contributed by atoms with E-state index in [-0.39, 0.29) is 10.3 Å². The van der Waals surface area contributed by atoms with Crippen LogP contribution in [0.3, 0.4) is 0 Å². The Morgan fingerprint density at radius 3 is 2.42 bits per heavy atom. The number of rotatable bonds is 8. The fourth-order valence-corrected chi connectivity index (χ4v) is 4.59. The van der Waals surface area contributed by atoms with E-state index >= 15 is 0 Å². The number of aryl methyl sites for hydroxylation is 1. The monoisotopic (exact) mass is 320 g/mol. The summed E-state index contributed by atoms with van der Waals surface area (Å²) >= 11 is 0. The SMILES string of the molecule is CCCCC(OS(=O)(=O)c1ccc(C)cc1)SSC. The van der Waals surface area contributed by atoms with E-state index in [2.05, 4.69) is 6.92 Å². The largest absolute Gasteiger partial charge is 0.298 e. The molecule has 0 bridgehead atoms. The molecule has 0 saturated carbocycles. The molecule has 0 aromatic heterocycles. The molecule has 0 aliphatic heterocycles. The van der Waals surface area contributed by atoms with Gasteiger partial charge in [-0.15, -0.1) is 0 Å². The van der Waals surface area contributed by atoms with Crippen molar-refractivity contribution in [2.24, 2.45) is 0 Å². The van der Waals surface area contributed by atoms with Crippen LogP contribution in [0.15, 0.2) is 29.2 Å². The molecule has 3 nitrogen and oxygen atoms in total. The van der Waals surface area contributed by atoms with E-state index in [1.807, 2.05) is 13.2 Å². The van der Waals surface area contributed by atoms with Gasteiger partial charge < -0.3 is 0 Å². The highest BCUT2D eigenvalue weighted by Gasteiger charge is 2.21. The third-order valence-electron chi connectivity index (χ3n) is 2.54. The van der Waals surface area contributed by atoms with Crippen LogP contribution in [0.25, 0.3) is 0 Å². The minimum Gasteiger partial charge on any atom is -0.251 e. The Morgan fingerprint density at radius 1 is 1.26 bits per heavy atom. The highest BCUT2D eigenvalue weighted by molar-refractivity contribution is 8.76. The fraction of sp³-hybridized carbons (Fsp3) is 0.538. The van der Waals surface area contributed by atoms with Crippen molar-refractivity contribution in [1.82, 2.24) is 0 Å². The van der Waals surface area contributed by atoms with Gasteiger partial charge in [0.2, 0.25) is 0 Å². The van der Waals surface area contributed by atoms with Gasteiger partial charge in [0.15, 0.2) is 0 Å². The molecule has 0 N–H and O–H groups in total. The second kappa shape index (κ2) is 8.19. The first kappa shape index (κ1) is 16.9. The Labute approximate surface area is 124 Å². The summed E-state index contributed by atoms with van der Waals surface area (Å²) in [6, 6.07) is 6.73. The van der Waals surface area contributed by atoms with Gasteiger partial charge in [0, 0.05) is 0 Å². The Kier molecular flexibility index (Phi) is 7.28. The van der Waals surface area contributed by atoms with E-state index in [1.54, 1.807) is 24.3 Å². The molecule has 0 radical (unpaired) electrons. The maximum atomic E-state index is 12.1. The molecule has 108 valence electrons. The minimum atomic E-state index is -3.66. The summed E-state index contributed by atoms with van der Waals surface area (Å²) < 4.78 is 29.6. The summed E-state index contributed by atoms with van der Waals surface area (Å²) in [6.07, 6.45) is 4.65. The van der Waals surface area contributed by atoms with Crippen molar-refractivity contribution in [2.45, 2.75) is 43.4 Å². The molecule has 0 amide bonds. The fourth-order valence-electron chi connectivity index (χ4n) is 1.49. The highest BCUT2D eigenvalue weighted by Crippen LogP contribution is 2.31. The van der Waals surface area contributed by atoms with Crippen molar-refractivity contribution in [2.75, 3.05) is 6.26 Å². The number of benzene rings is 1. The van der Waals surface area contributed by atoms with Crippen molar-refractivity contribution in [1.29, 1.82) is 0 Å². The molecule has 0 fully saturated rings. The third kappa shape index (κ3) is 5.77. The first-order valence-corrected chi connectivity index (χ1v) is 10.2. The lowest BCUT2D eigenvalue weighted by Crippen LogP contribution is -2.15. The van der Waals surface area contributed by atoms with Crippen molar-refractivity contribution >= 4 is 31.7 Å². The maximum absolute atomic E-state index is 12.1. The molecule has 19 heavy (non-hydrogen) atoms. The summed E-state index contributed by atoms with van der Waals surface area (Å²) in [4.78, 5) is 0.223. The summed E-state index contributed by atoms with van der Waals surface area (Å²) in [5, 5.41) is 0. The van der Waals surface area contributed by atoms with Gasteiger partial charge in [0.1, 0.15) is 5.44 Å². The average molecular weight is 321 g/mol. The number of hydrogen-bond acceptors (Lipinski definition) is 5. The van der Waals surface area contributed by atoms with Gasteiger partial charge in [-0.25, -0.2) is 0 Å². The van der Waals surface area contributed by atoms with Crippen LogP contribution in [0.1, 0.15) is 31.7 Å². The summed E-state index contributed by atoms with van der Waals surface area (Å²) in [5.41, 5.74) is 0.709. The van der Waals surface area contributed by atoms with E-state index in [1.165, 1.54) is 21.6 Å². The van der Waals surface area contributed by atoms with Gasteiger partial charge >= 0.3 is 0 Å². The molecule has 0 spiro atoms. The normalized spacial score (nSPS) is 13.4. The molecule has 1 rings (SSSR count). The van der Waals surface area contributed by atoms with Gasteiger partial charge in [-0.3, -0.25) is 4.18 Å². The van der Waals surface area contributed by atoms with Crippen LogP contribution in [0, 0.1) is 6.92 Å². The molecule has 1 aromatic rings. The van der Waals surface area contributed by atoms with E-state index in [0.29, 0.717) is 0 Å². The lowest BCUT2D eigenvalue weighted by atomic mass is 10.2. The van der Waals surface area contributed by atoms with Crippen molar-refractivity contribution in [3.8, 4) is 0 Å². The summed E-state index contributed by atoms with van der Waals surface area (Å²) in [5.74, 6) is 0. The molecule has 1 atom stereocenters. The topological polar surface area (TPSA) is 43.4 Å². The number of unbranched alkanes of at least 4 members (excludes halogenated alkanes) is 1. The van der Waals surface area contributed by atoms with Crippen LogP contribution in [0.2, 0.25) is 0 Å². The van der Waals surface area contributed by atoms with E-state index in [4.69, 9.17) is 4.18 Å². The van der Waals surface area contributed by atoms with Crippen molar-refractivity contribution < 1.29 is 12.6 Å². The van der Waals surface area contributed by atoms with Crippen LogP contribution in [0.5, 0.6) is 0 Å². The zero-order chi connectivity index (χ0) is 14.3. The van der Waals surface area contributed by atoms with Gasteiger partial charge in [-0.2, -0.15) is 8.42 Å². The van der Waals surface area contributed by atoms with Crippen molar-refractivity contribution in [3.63, 3.8) is 0 Å². The molecule has 0 aliphatic rings. The van der Waals surface area contributed by atoms with E-state index in [0.717, 1.165) is 24.8 Å². The molecule has 1 aromatic carbocycles.